The molecule has 7 heteroatoms. The Hall–Kier alpha value is -2.57. The lowest BCUT2D eigenvalue weighted by molar-refractivity contribution is 0.0757. The van der Waals surface area contributed by atoms with Crippen molar-refractivity contribution >= 4 is 23.0 Å². The largest absolute Gasteiger partial charge is 0.453 e. The van der Waals surface area contributed by atoms with Crippen molar-refractivity contribution in [2.24, 2.45) is 0 Å². The summed E-state index contributed by atoms with van der Waals surface area (Å²) in [5.74, 6) is 0.929. The number of rotatable bonds is 2. The molecular formula is C19H26N4O3. The van der Waals surface area contributed by atoms with E-state index in [2.05, 4.69) is 23.4 Å². The molecule has 1 saturated heterocycles. The molecule has 7 nitrogen and oxygen atoms in total. The summed E-state index contributed by atoms with van der Waals surface area (Å²) in [6.07, 6.45) is 0.403. The van der Waals surface area contributed by atoms with Gasteiger partial charge in [-0.3, -0.25) is 4.79 Å². The molecule has 2 aromatic rings. The van der Waals surface area contributed by atoms with Crippen LogP contribution in [0.1, 0.15) is 42.5 Å². The number of ether oxygens (including phenoxy) is 1. The van der Waals surface area contributed by atoms with Crippen LogP contribution < -0.4 is 0 Å². The maximum Gasteiger partial charge on any atom is 0.409 e. The van der Waals surface area contributed by atoms with Crippen LogP contribution in [-0.4, -0.2) is 64.6 Å². The summed E-state index contributed by atoms with van der Waals surface area (Å²) in [5, 5.41) is 0. The third kappa shape index (κ3) is 3.38. The fraction of sp³-hybridized carbons (Fsp3) is 0.526. The van der Waals surface area contributed by atoms with Gasteiger partial charge < -0.3 is 19.1 Å². The van der Waals surface area contributed by atoms with Gasteiger partial charge in [0.1, 0.15) is 5.82 Å². The number of hydrogen-bond acceptors (Lipinski definition) is 4. The smallest absolute Gasteiger partial charge is 0.409 e. The van der Waals surface area contributed by atoms with Crippen LogP contribution in [0.5, 0.6) is 0 Å². The topological polar surface area (TPSA) is 67.7 Å². The van der Waals surface area contributed by atoms with Crippen LogP contribution >= 0.6 is 0 Å². The molecule has 0 atom stereocenters. The third-order valence-electron chi connectivity index (χ3n) is 4.85. The van der Waals surface area contributed by atoms with Gasteiger partial charge in [-0.25, -0.2) is 9.78 Å². The molecule has 1 aromatic carbocycles. The summed E-state index contributed by atoms with van der Waals surface area (Å²) < 4.78 is 6.95. The van der Waals surface area contributed by atoms with E-state index in [1.165, 1.54) is 7.11 Å². The number of nitrogens with zero attached hydrogens (tertiary/aromatic N) is 4. The van der Waals surface area contributed by atoms with Gasteiger partial charge in [-0.05, 0) is 45.4 Å². The van der Waals surface area contributed by atoms with Crippen molar-refractivity contribution < 1.29 is 14.3 Å². The summed E-state index contributed by atoms with van der Waals surface area (Å²) in [4.78, 5) is 32.7. The minimum absolute atomic E-state index is 0.0182. The second kappa shape index (κ2) is 7.35. The highest BCUT2D eigenvalue weighted by Crippen LogP contribution is 2.22. The summed E-state index contributed by atoms with van der Waals surface area (Å²) in [6, 6.07) is 6.03. The average Bonchev–Trinajstić information content (AvgIpc) is 2.79. The molecule has 1 aliphatic heterocycles. The van der Waals surface area contributed by atoms with E-state index < -0.39 is 0 Å². The van der Waals surface area contributed by atoms with Crippen LogP contribution in [0, 0.1) is 6.92 Å². The standard InChI is InChI=1S/C19H26N4O3/c1-13(2)23-14(3)20-16-12-15(6-7-17(16)23)18(24)21-8-5-9-22(11-10-21)19(25)26-4/h6-7,12-13H,5,8-11H2,1-4H3. The Kier molecular flexibility index (Phi) is 5.15. The second-order valence-electron chi connectivity index (χ2n) is 6.93. The van der Waals surface area contributed by atoms with Gasteiger partial charge in [0.15, 0.2) is 0 Å². The number of carbonyl (C=O) groups is 2. The Morgan fingerprint density at radius 2 is 1.81 bits per heavy atom. The van der Waals surface area contributed by atoms with Crippen LogP contribution in [0.25, 0.3) is 11.0 Å². The van der Waals surface area contributed by atoms with Crippen molar-refractivity contribution in [3.05, 3.63) is 29.6 Å². The van der Waals surface area contributed by atoms with E-state index in [1.54, 1.807) is 9.80 Å². The Morgan fingerprint density at radius 3 is 2.50 bits per heavy atom. The summed E-state index contributed by atoms with van der Waals surface area (Å²) in [7, 11) is 1.38. The molecule has 0 saturated carbocycles. The number of aromatic nitrogens is 2. The predicted octanol–water partition coefficient (Wildman–Crippen LogP) is 2.84. The van der Waals surface area contributed by atoms with Gasteiger partial charge in [0.25, 0.3) is 5.91 Å². The Morgan fingerprint density at radius 1 is 1.12 bits per heavy atom. The van der Waals surface area contributed by atoms with Gasteiger partial charge in [0, 0.05) is 37.8 Å². The molecule has 1 fully saturated rings. The predicted molar refractivity (Wildman–Crippen MR) is 99.4 cm³/mol. The summed E-state index contributed by atoms with van der Waals surface area (Å²) >= 11 is 0. The number of methoxy groups -OCH3 is 1. The van der Waals surface area contributed by atoms with Crippen molar-refractivity contribution in [2.45, 2.75) is 33.2 Å². The molecule has 0 N–H and O–H groups in total. The van der Waals surface area contributed by atoms with Gasteiger partial charge in [-0.1, -0.05) is 0 Å². The normalized spacial score (nSPS) is 15.4. The van der Waals surface area contributed by atoms with Crippen molar-refractivity contribution in [2.75, 3.05) is 33.3 Å². The Balaban J connectivity index is 1.80. The quantitative estimate of drug-likeness (QED) is 0.828. The highest BCUT2D eigenvalue weighted by molar-refractivity contribution is 5.97. The highest BCUT2D eigenvalue weighted by Gasteiger charge is 2.23. The lowest BCUT2D eigenvalue weighted by Gasteiger charge is -2.21. The van der Waals surface area contributed by atoms with E-state index in [-0.39, 0.29) is 12.0 Å². The first kappa shape index (κ1) is 18.2. The van der Waals surface area contributed by atoms with Crippen LogP contribution in [0.3, 0.4) is 0 Å². The van der Waals surface area contributed by atoms with Crippen molar-refractivity contribution in [3.8, 4) is 0 Å². The van der Waals surface area contributed by atoms with E-state index in [0.717, 1.165) is 23.3 Å². The molecule has 0 aliphatic carbocycles. The molecule has 0 unspecified atom stereocenters. The number of carbonyl (C=O) groups excluding carboxylic acids is 2. The molecular weight excluding hydrogens is 332 g/mol. The van der Waals surface area contributed by atoms with Crippen LogP contribution in [-0.2, 0) is 4.74 Å². The monoisotopic (exact) mass is 358 g/mol. The highest BCUT2D eigenvalue weighted by atomic mass is 16.5. The van der Waals surface area contributed by atoms with Gasteiger partial charge in [0.05, 0.1) is 18.1 Å². The van der Waals surface area contributed by atoms with E-state index in [4.69, 9.17) is 4.74 Å². The van der Waals surface area contributed by atoms with Gasteiger partial charge >= 0.3 is 6.09 Å². The van der Waals surface area contributed by atoms with E-state index in [1.807, 2.05) is 25.1 Å². The maximum atomic E-state index is 12.9. The number of hydrogen-bond donors (Lipinski definition) is 0. The van der Waals surface area contributed by atoms with Gasteiger partial charge in [-0.15, -0.1) is 0 Å². The maximum absolute atomic E-state index is 12.9. The first-order chi connectivity index (χ1) is 12.4. The molecule has 3 rings (SSSR count). The molecule has 0 bridgehead atoms. The van der Waals surface area contributed by atoms with Gasteiger partial charge in [0.2, 0.25) is 0 Å². The van der Waals surface area contributed by atoms with Crippen LogP contribution in [0.4, 0.5) is 4.79 Å². The van der Waals surface area contributed by atoms with E-state index in [9.17, 15) is 9.59 Å². The fourth-order valence-corrected chi connectivity index (χ4v) is 3.62. The van der Waals surface area contributed by atoms with Crippen molar-refractivity contribution in [1.82, 2.24) is 19.4 Å². The van der Waals surface area contributed by atoms with Crippen molar-refractivity contribution in [1.29, 1.82) is 0 Å². The first-order valence-electron chi connectivity index (χ1n) is 9.03. The second-order valence-corrected chi connectivity index (χ2v) is 6.93. The Labute approximate surface area is 153 Å². The van der Waals surface area contributed by atoms with E-state index >= 15 is 0 Å². The number of amides is 2. The number of benzene rings is 1. The first-order valence-corrected chi connectivity index (χ1v) is 9.03. The van der Waals surface area contributed by atoms with E-state index in [0.29, 0.717) is 37.8 Å². The minimum atomic E-state index is -0.338. The summed E-state index contributed by atoms with van der Waals surface area (Å²) in [6.45, 7) is 8.46. The summed E-state index contributed by atoms with van der Waals surface area (Å²) in [5.41, 5.74) is 2.52. The lowest BCUT2D eigenvalue weighted by atomic mass is 10.1. The zero-order chi connectivity index (χ0) is 18.8. The zero-order valence-electron chi connectivity index (χ0n) is 15.9. The molecule has 140 valence electrons. The van der Waals surface area contributed by atoms with Crippen molar-refractivity contribution in [3.63, 3.8) is 0 Å². The molecule has 2 amide bonds. The molecule has 1 aliphatic rings. The molecule has 26 heavy (non-hydrogen) atoms. The minimum Gasteiger partial charge on any atom is -0.453 e. The Bertz CT molecular complexity index is 828. The fourth-order valence-electron chi connectivity index (χ4n) is 3.62. The van der Waals surface area contributed by atoms with Crippen LogP contribution in [0.15, 0.2) is 18.2 Å². The SMILES string of the molecule is COC(=O)N1CCCN(C(=O)c2ccc3c(c2)nc(C)n3C(C)C)CC1. The molecule has 0 radical (unpaired) electrons. The number of imidazole rings is 1. The molecule has 0 spiro atoms. The number of aryl methyl sites for hydroxylation is 1. The molecule has 2 heterocycles. The lowest BCUT2D eigenvalue weighted by Crippen LogP contribution is -2.37. The van der Waals surface area contributed by atoms with Crippen LogP contribution in [0.2, 0.25) is 0 Å². The average molecular weight is 358 g/mol. The zero-order valence-corrected chi connectivity index (χ0v) is 15.9. The number of fused-ring (bicyclic) bond motifs is 1. The van der Waals surface area contributed by atoms with Gasteiger partial charge in [-0.2, -0.15) is 0 Å². The third-order valence-corrected chi connectivity index (χ3v) is 4.85. The molecule has 1 aromatic heterocycles.